The van der Waals surface area contributed by atoms with E-state index in [0.29, 0.717) is 5.89 Å². The second kappa shape index (κ2) is 3.92. The van der Waals surface area contributed by atoms with Gasteiger partial charge in [-0.1, -0.05) is 24.3 Å². The monoisotopic (exact) mass is 184 g/mol. The topological polar surface area (TPSA) is 26.0 Å². The van der Waals surface area contributed by atoms with Crippen LogP contribution >= 0.6 is 0 Å². The second-order valence-electron chi connectivity index (χ2n) is 2.86. The van der Waals surface area contributed by atoms with Gasteiger partial charge in [0.25, 0.3) is 0 Å². The van der Waals surface area contributed by atoms with Crippen LogP contribution in [-0.4, -0.2) is 4.98 Å². The first kappa shape index (κ1) is 8.75. The van der Waals surface area contributed by atoms with Crippen LogP contribution in [0.25, 0.3) is 17.5 Å². The minimum absolute atomic E-state index is 0.648. The van der Waals surface area contributed by atoms with Crippen molar-refractivity contribution in [2.75, 3.05) is 0 Å². The van der Waals surface area contributed by atoms with Gasteiger partial charge < -0.3 is 4.42 Å². The van der Waals surface area contributed by atoms with Gasteiger partial charge in [-0.05, 0) is 24.6 Å². The predicted molar refractivity (Wildman–Crippen MR) is 56.3 cm³/mol. The Hall–Kier alpha value is -1.83. The fourth-order valence-electron chi connectivity index (χ4n) is 1.24. The molecule has 0 spiro atoms. The highest BCUT2D eigenvalue weighted by Crippen LogP contribution is 2.17. The fraction of sp³-hybridized carbons (Fsp3) is 0. The van der Waals surface area contributed by atoms with Crippen LogP contribution in [0.4, 0.5) is 0 Å². The van der Waals surface area contributed by atoms with Gasteiger partial charge in [0.05, 0.1) is 6.20 Å². The van der Waals surface area contributed by atoms with E-state index in [2.05, 4.69) is 11.9 Å². The van der Waals surface area contributed by atoms with Gasteiger partial charge in [-0.3, -0.25) is 0 Å². The van der Waals surface area contributed by atoms with Gasteiger partial charge in [0, 0.05) is 5.56 Å². The molecule has 2 heteroatoms. The molecule has 2 nitrogen and oxygen atoms in total. The molecule has 0 bridgehead atoms. The van der Waals surface area contributed by atoms with Crippen molar-refractivity contribution in [1.29, 1.82) is 0 Å². The van der Waals surface area contributed by atoms with Crippen LogP contribution < -0.4 is 0 Å². The summed E-state index contributed by atoms with van der Waals surface area (Å²) in [5.41, 5.74) is 2.10. The molecular formula is C12H10NO. The summed E-state index contributed by atoms with van der Waals surface area (Å²) in [5, 5.41) is 0. The smallest absolute Gasteiger partial charge is 0.225 e. The number of oxazole rings is 1. The van der Waals surface area contributed by atoms with Crippen LogP contribution in [0.15, 0.2) is 47.2 Å². The summed E-state index contributed by atoms with van der Waals surface area (Å²) in [4.78, 5) is 4.07. The van der Waals surface area contributed by atoms with E-state index in [1.54, 1.807) is 18.5 Å². The second-order valence-corrected chi connectivity index (χ2v) is 2.86. The molecule has 0 amide bonds. The van der Waals surface area contributed by atoms with Crippen molar-refractivity contribution < 1.29 is 4.42 Å². The lowest BCUT2D eigenvalue weighted by Gasteiger charge is -1.96. The molecule has 2 aromatic rings. The third-order valence-corrected chi connectivity index (χ3v) is 1.90. The largest absolute Gasteiger partial charge is 0.445 e. The van der Waals surface area contributed by atoms with E-state index in [9.17, 15) is 0 Å². The Balaban J connectivity index is 2.31. The number of rotatable bonds is 2. The number of hydrogen-bond acceptors (Lipinski definition) is 2. The van der Waals surface area contributed by atoms with E-state index in [-0.39, 0.29) is 0 Å². The van der Waals surface area contributed by atoms with E-state index in [1.807, 2.05) is 30.3 Å². The summed E-state index contributed by atoms with van der Waals surface area (Å²) in [6, 6.07) is 7.95. The number of aromatic nitrogens is 1. The molecule has 1 radical (unpaired) electrons. The summed E-state index contributed by atoms with van der Waals surface area (Å²) in [5.74, 6) is 0.648. The minimum Gasteiger partial charge on any atom is -0.445 e. The molecule has 0 unspecified atom stereocenters. The van der Waals surface area contributed by atoms with Crippen molar-refractivity contribution in [2.45, 2.75) is 0 Å². The zero-order valence-electron chi connectivity index (χ0n) is 7.68. The summed E-state index contributed by atoms with van der Waals surface area (Å²) >= 11 is 0. The molecule has 0 atom stereocenters. The highest BCUT2D eigenvalue weighted by atomic mass is 16.3. The standard InChI is InChI=1S/C12H10NO/c1-2-3-10-4-6-11(7-5-10)12-13-8-9-14-12/h2-9H,1H2/b3-2+. The first-order valence-corrected chi connectivity index (χ1v) is 4.36. The lowest BCUT2D eigenvalue weighted by atomic mass is 10.1. The van der Waals surface area contributed by atoms with E-state index in [0.717, 1.165) is 11.1 Å². The van der Waals surface area contributed by atoms with Crippen molar-refractivity contribution in [2.24, 2.45) is 0 Å². The maximum absolute atomic E-state index is 5.18. The Morgan fingerprint density at radius 1 is 1.21 bits per heavy atom. The molecule has 0 saturated heterocycles. The molecule has 0 fully saturated rings. The van der Waals surface area contributed by atoms with Crippen molar-refractivity contribution in [3.05, 3.63) is 55.3 Å². The van der Waals surface area contributed by atoms with Gasteiger partial charge in [0.1, 0.15) is 6.26 Å². The molecule has 0 aliphatic rings. The molecule has 1 aromatic carbocycles. The summed E-state index contributed by atoms with van der Waals surface area (Å²) in [6.45, 7) is 3.64. The molecule has 2 rings (SSSR count). The Labute approximate surface area is 82.9 Å². The van der Waals surface area contributed by atoms with Crippen LogP contribution in [0.5, 0.6) is 0 Å². The van der Waals surface area contributed by atoms with Gasteiger partial charge in [-0.2, -0.15) is 0 Å². The number of allylic oxidation sites excluding steroid dienone is 1. The zero-order valence-corrected chi connectivity index (χ0v) is 7.68. The molecular weight excluding hydrogens is 174 g/mol. The molecule has 1 aromatic heterocycles. The van der Waals surface area contributed by atoms with Crippen molar-refractivity contribution >= 4 is 6.08 Å². The van der Waals surface area contributed by atoms with Crippen molar-refractivity contribution in [3.8, 4) is 11.5 Å². The maximum atomic E-state index is 5.18. The van der Waals surface area contributed by atoms with Gasteiger partial charge in [-0.25, -0.2) is 4.98 Å². The van der Waals surface area contributed by atoms with E-state index >= 15 is 0 Å². The fourth-order valence-corrected chi connectivity index (χ4v) is 1.24. The van der Waals surface area contributed by atoms with Crippen LogP contribution in [0.3, 0.4) is 0 Å². The van der Waals surface area contributed by atoms with E-state index in [4.69, 9.17) is 4.42 Å². The first-order valence-electron chi connectivity index (χ1n) is 4.36. The Morgan fingerprint density at radius 3 is 2.57 bits per heavy atom. The SMILES string of the molecule is [CH2]/C=C/c1ccc(-c2ncco2)cc1. The van der Waals surface area contributed by atoms with Gasteiger partial charge in [-0.15, -0.1) is 0 Å². The lowest BCUT2D eigenvalue weighted by molar-refractivity contribution is 0.574. The van der Waals surface area contributed by atoms with Gasteiger partial charge >= 0.3 is 0 Å². The Kier molecular flexibility index (Phi) is 2.45. The predicted octanol–water partition coefficient (Wildman–Crippen LogP) is 3.19. The van der Waals surface area contributed by atoms with Crippen LogP contribution in [0, 0.1) is 6.92 Å². The third-order valence-electron chi connectivity index (χ3n) is 1.90. The maximum Gasteiger partial charge on any atom is 0.225 e. The number of nitrogens with zero attached hydrogens (tertiary/aromatic N) is 1. The molecule has 0 saturated carbocycles. The van der Waals surface area contributed by atoms with E-state index in [1.165, 1.54) is 0 Å². The highest BCUT2D eigenvalue weighted by molar-refractivity contribution is 5.58. The number of benzene rings is 1. The van der Waals surface area contributed by atoms with Crippen molar-refractivity contribution in [1.82, 2.24) is 4.98 Å². The summed E-state index contributed by atoms with van der Waals surface area (Å²) < 4.78 is 5.18. The zero-order chi connectivity index (χ0) is 9.80. The Bertz CT molecular complexity index is 412. The summed E-state index contributed by atoms with van der Waals surface area (Å²) in [7, 11) is 0. The quantitative estimate of drug-likeness (QED) is 0.716. The first-order chi connectivity index (χ1) is 6.90. The molecule has 1 heterocycles. The van der Waals surface area contributed by atoms with E-state index < -0.39 is 0 Å². The summed E-state index contributed by atoms with van der Waals surface area (Å²) in [6.07, 6.45) is 6.91. The third kappa shape index (κ3) is 1.74. The average molecular weight is 184 g/mol. The Morgan fingerprint density at radius 2 is 2.00 bits per heavy atom. The molecule has 0 N–H and O–H groups in total. The number of hydrogen-bond donors (Lipinski definition) is 0. The normalized spacial score (nSPS) is 10.9. The van der Waals surface area contributed by atoms with Crippen LogP contribution in [0.2, 0.25) is 0 Å². The minimum atomic E-state index is 0.648. The van der Waals surface area contributed by atoms with Crippen molar-refractivity contribution in [3.63, 3.8) is 0 Å². The molecule has 0 aliphatic carbocycles. The molecule has 0 aliphatic heterocycles. The van der Waals surface area contributed by atoms with Crippen LogP contribution in [0.1, 0.15) is 5.56 Å². The lowest BCUT2D eigenvalue weighted by Crippen LogP contribution is -1.77. The van der Waals surface area contributed by atoms with Gasteiger partial charge in [0.15, 0.2) is 0 Å². The molecule has 14 heavy (non-hydrogen) atoms. The average Bonchev–Trinajstić information content (AvgIpc) is 2.72. The van der Waals surface area contributed by atoms with Crippen LogP contribution in [-0.2, 0) is 0 Å². The highest BCUT2D eigenvalue weighted by Gasteiger charge is 2.00. The molecule has 69 valence electrons. The van der Waals surface area contributed by atoms with Gasteiger partial charge in [0.2, 0.25) is 5.89 Å².